The molecule has 4 heteroatoms. The van der Waals surface area contributed by atoms with Crippen LogP contribution >= 0.6 is 0 Å². The number of aromatic nitrogens is 2. The van der Waals surface area contributed by atoms with Gasteiger partial charge >= 0.3 is 0 Å². The summed E-state index contributed by atoms with van der Waals surface area (Å²) in [6, 6.07) is 6.52. The van der Waals surface area contributed by atoms with Crippen molar-refractivity contribution < 1.29 is 9.50 Å². The van der Waals surface area contributed by atoms with Gasteiger partial charge in [-0.2, -0.15) is 0 Å². The zero-order valence-electron chi connectivity index (χ0n) is 9.87. The van der Waals surface area contributed by atoms with E-state index in [0.717, 1.165) is 5.69 Å². The molecule has 1 aromatic carbocycles. The fourth-order valence-electron chi connectivity index (χ4n) is 1.79. The first kappa shape index (κ1) is 11.8. The van der Waals surface area contributed by atoms with E-state index in [1.165, 1.54) is 6.07 Å². The molecule has 2 rings (SSSR count). The van der Waals surface area contributed by atoms with Gasteiger partial charge in [-0.1, -0.05) is 26.0 Å². The number of aliphatic hydroxyl groups is 1. The predicted octanol–water partition coefficient (Wildman–Crippen LogP) is 2.83. The number of hydrogen-bond acceptors (Lipinski definition) is 2. The van der Waals surface area contributed by atoms with Crippen molar-refractivity contribution in [2.45, 2.75) is 26.4 Å². The first-order valence-corrected chi connectivity index (χ1v) is 5.58. The Morgan fingerprint density at radius 1 is 1.35 bits per heavy atom. The molecule has 0 bridgehead atoms. The lowest BCUT2D eigenvalue weighted by molar-refractivity contribution is 0.272. The van der Waals surface area contributed by atoms with Crippen molar-refractivity contribution in [2.75, 3.05) is 0 Å². The highest BCUT2D eigenvalue weighted by Gasteiger charge is 2.16. The lowest BCUT2D eigenvalue weighted by Crippen LogP contribution is -1.93. The Morgan fingerprint density at radius 3 is 2.65 bits per heavy atom. The Labute approximate surface area is 99.3 Å². The number of rotatable bonds is 3. The van der Waals surface area contributed by atoms with Crippen LogP contribution in [0.3, 0.4) is 0 Å². The smallest absolute Gasteiger partial charge is 0.132 e. The van der Waals surface area contributed by atoms with Crippen molar-refractivity contribution in [1.29, 1.82) is 0 Å². The van der Waals surface area contributed by atoms with Crippen LogP contribution in [-0.4, -0.2) is 15.1 Å². The van der Waals surface area contributed by atoms with Gasteiger partial charge in [0.2, 0.25) is 0 Å². The van der Waals surface area contributed by atoms with Gasteiger partial charge in [-0.25, -0.2) is 9.37 Å². The molecule has 0 saturated heterocycles. The first-order chi connectivity index (χ1) is 8.13. The normalized spacial score (nSPS) is 11.1. The van der Waals surface area contributed by atoms with Crippen LogP contribution < -0.4 is 0 Å². The van der Waals surface area contributed by atoms with Gasteiger partial charge in [-0.05, 0) is 18.1 Å². The molecule has 0 saturated carbocycles. The highest BCUT2D eigenvalue weighted by Crippen LogP contribution is 2.28. The summed E-state index contributed by atoms with van der Waals surface area (Å²) in [5.41, 5.74) is 1.90. The van der Waals surface area contributed by atoms with Crippen LogP contribution in [0.15, 0.2) is 24.3 Å². The van der Waals surface area contributed by atoms with Crippen molar-refractivity contribution in [3.8, 4) is 11.3 Å². The van der Waals surface area contributed by atoms with Gasteiger partial charge in [-0.3, -0.25) is 0 Å². The number of aromatic amines is 1. The summed E-state index contributed by atoms with van der Waals surface area (Å²) in [7, 11) is 0. The molecule has 0 unspecified atom stereocenters. The second-order valence-electron chi connectivity index (χ2n) is 4.24. The molecule has 0 spiro atoms. The van der Waals surface area contributed by atoms with E-state index in [4.69, 9.17) is 5.11 Å². The molecule has 0 amide bonds. The summed E-state index contributed by atoms with van der Waals surface area (Å²) >= 11 is 0. The SMILES string of the molecule is CC(C)c1[nH]c(CO)nc1-c1ccccc1F. The number of nitrogens with zero attached hydrogens (tertiary/aromatic N) is 1. The van der Waals surface area contributed by atoms with E-state index >= 15 is 0 Å². The zero-order chi connectivity index (χ0) is 12.4. The van der Waals surface area contributed by atoms with Gasteiger partial charge in [0, 0.05) is 11.3 Å². The molecular weight excluding hydrogens is 219 g/mol. The van der Waals surface area contributed by atoms with E-state index in [1.54, 1.807) is 18.2 Å². The molecule has 0 aliphatic heterocycles. The number of halogens is 1. The Balaban J connectivity index is 2.58. The van der Waals surface area contributed by atoms with Crippen molar-refractivity contribution in [3.63, 3.8) is 0 Å². The molecule has 0 aliphatic rings. The standard InChI is InChI=1S/C13H15FN2O/c1-8(2)12-13(16-11(7-17)15-12)9-5-3-4-6-10(9)14/h3-6,8,17H,7H2,1-2H3,(H,15,16). The van der Waals surface area contributed by atoms with Crippen LogP contribution in [0.4, 0.5) is 4.39 Å². The number of nitrogens with one attached hydrogen (secondary N) is 1. The van der Waals surface area contributed by atoms with Crippen LogP contribution in [-0.2, 0) is 6.61 Å². The maximum atomic E-state index is 13.7. The van der Waals surface area contributed by atoms with Crippen LogP contribution in [0.25, 0.3) is 11.3 Å². The quantitative estimate of drug-likeness (QED) is 0.857. The summed E-state index contributed by atoms with van der Waals surface area (Å²) < 4.78 is 13.7. The van der Waals surface area contributed by atoms with E-state index in [1.807, 2.05) is 13.8 Å². The molecule has 0 radical (unpaired) electrons. The van der Waals surface area contributed by atoms with Crippen molar-refractivity contribution in [2.24, 2.45) is 0 Å². The third kappa shape index (κ3) is 2.22. The second kappa shape index (κ2) is 4.67. The molecule has 3 nitrogen and oxygen atoms in total. The fraction of sp³-hybridized carbons (Fsp3) is 0.308. The van der Waals surface area contributed by atoms with E-state index in [0.29, 0.717) is 17.1 Å². The van der Waals surface area contributed by atoms with Crippen molar-refractivity contribution in [3.05, 3.63) is 41.6 Å². The van der Waals surface area contributed by atoms with Gasteiger partial charge in [0.05, 0.1) is 5.69 Å². The van der Waals surface area contributed by atoms with E-state index in [9.17, 15) is 4.39 Å². The third-order valence-electron chi connectivity index (χ3n) is 2.64. The van der Waals surface area contributed by atoms with Crippen molar-refractivity contribution in [1.82, 2.24) is 9.97 Å². The van der Waals surface area contributed by atoms with E-state index in [-0.39, 0.29) is 18.3 Å². The topological polar surface area (TPSA) is 48.9 Å². The third-order valence-corrected chi connectivity index (χ3v) is 2.64. The van der Waals surface area contributed by atoms with Gasteiger partial charge < -0.3 is 10.1 Å². The summed E-state index contributed by atoms with van der Waals surface area (Å²) in [5.74, 6) is 0.356. The average molecular weight is 234 g/mol. The van der Waals surface area contributed by atoms with Gasteiger partial charge in [0.25, 0.3) is 0 Å². The van der Waals surface area contributed by atoms with Crippen LogP contribution in [0.5, 0.6) is 0 Å². The minimum Gasteiger partial charge on any atom is -0.388 e. The monoisotopic (exact) mass is 234 g/mol. The molecule has 17 heavy (non-hydrogen) atoms. The number of hydrogen-bond donors (Lipinski definition) is 2. The molecule has 0 aliphatic carbocycles. The van der Waals surface area contributed by atoms with E-state index in [2.05, 4.69) is 9.97 Å². The maximum absolute atomic E-state index is 13.7. The lowest BCUT2D eigenvalue weighted by Gasteiger charge is -2.06. The molecule has 0 atom stereocenters. The molecule has 2 N–H and O–H groups in total. The summed E-state index contributed by atoms with van der Waals surface area (Å²) in [5, 5.41) is 9.09. The summed E-state index contributed by atoms with van der Waals surface area (Å²) in [6.45, 7) is 3.83. The number of benzene rings is 1. The number of imidazole rings is 1. The predicted molar refractivity (Wildman–Crippen MR) is 64.0 cm³/mol. The maximum Gasteiger partial charge on any atom is 0.132 e. The molecular formula is C13H15FN2O. The highest BCUT2D eigenvalue weighted by atomic mass is 19.1. The van der Waals surface area contributed by atoms with Gasteiger partial charge in [-0.15, -0.1) is 0 Å². The zero-order valence-corrected chi connectivity index (χ0v) is 9.87. The second-order valence-corrected chi connectivity index (χ2v) is 4.24. The highest BCUT2D eigenvalue weighted by molar-refractivity contribution is 5.63. The lowest BCUT2D eigenvalue weighted by atomic mass is 10.0. The molecule has 90 valence electrons. The minimum absolute atomic E-state index is 0.172. The largest absolute Gasteiger partial charge is 0.388 e. The summed E-state index contributed by atoms with van der Waals surface area (Å²) in [4.78, 5) is 7.26. The van der Waals surface area contributed by atoms with Crippen LogP contribution in [0.1, 0.15) is 31.3 Å². The molecule has 1 aromatic heterocycles. The Bertz CT molecular complexity index is 520. The van der Waals surface area contributed by atoms with Gasteiger partial charge in [0.15, 0.2) is 0 Å². The minimum atomic E-state index is -0.301. The first-order valence-electron chi connectivity index (χ1n) is 5.58. The average Bonchev–Trinajstić information content (AvgIpc) is 2.73. The molecule has 0 fully saturated rings. The Morgan fingerprint density at radius 2 is 2.06 bits per heavy atom. The van der Waals surface area contributed by atoms with Gasteiger partial charge in [0.1, 0.15) is 18.2 Å². The van der Waals surface area contributed by atoms with Crippen molar-refractivity contribution >= 4 is 0 Å². The summed E-state index contributed by atoms with van der Waals surface area (Å²) in [6.07, 6.45) is 0. The molecule has 1 heterocycles. The van der Waals surface area contributed by atoms with E-state index < -0.39 is 0 Å². The Hall–Kier alpha value is -1.68. The number of H-pyrrole nitrogens is 1. The van der Waals surface area contributed by atoms with Crippen LogP contribution in [0.2, 0.25) is 0 Å². The fourth-order valence-corrected chi connectivity index (χ4v) is 1.79. The number of aliphatic hydroxyl groups excluding tert-OH is 1. The van der Waals surface area contributed by atoms with Crippen LogP contribution in [0, 0.1) is 5.82 Å². The molecule has 2 aromatic rings. The Kier molecular flexibility index (Phi) is 3.24.